The fraction of sp³-hybridized carbons (Fsp3) is 0.667. The summed E-state index contributed by atoms with van der Waals surface area (Å²) in [4.78, 5) is 11.5. The molecule has 0 aliphatic rings. The van der Waals surface area contributed by atoms with Gasteiger partial charge in [0.05, 0.1) is 0 Å². The second kappa shape index (κ2) is 5.14. The first-order chi connectivity index (χ1) is 7.56. The first kappa shape index (κ1) is 12.7. The van der Waals surface area contributed by atoms with Gasteiger partial charge in [0, 0.05) is 12.4 Å². The van der Waals surface area contributed by atoms with Crippen molar-refractivity contribution in [3.63, 3.8) is 0 Å². The van der Waals surface area contributed by atoms with Crippen LogP contribution in [0.25, 0.3) is 0 Å². The minimum absolute atomic E-state index is 0.375. The lowest BCUT2D eigenvalue weighted by molar-refractivity contribution is -0.149. The molecule has 90 valence electrons. The standard InChI is InChI=1S/C12H20N2O2/c1-4-10(3)9-12(5-2,11(15)16)14-8-6-7-13-14/h6-8,10H,4-5,9H2,1-3H3,(H,15,16). The van der Waals surface area contributed by atoms with Crippen molar-refractivity contribution in [2.24, 2.45) is 5.92 Å². The van der Waals surface area contributed by atoms with Crippen LogP contribution < -0.4 is 0 Å². The van der Waals surface area contributed by atoms with E-state index >= 15 is 0 Å². The Bertz CT molecular complexity index is 335. The molecule has 0 fully saturated rings. The highest BCUT2D eigenvalue weighted by Gasteiger charge is 2.40. The van der Waals surface area contributed by atoms with Crippen LogP contribution in [-0.2, 0) is 10.3 Å². The van der Waals surface area contributed by atoms with Crippen LogP contribution in [0.3, 0.4) is 0 Å². The Morgan fingerprint density at radius 1 is 1.56 bits per heavy atom. The van der Waals surface area contributed by atoms with Gasteiger partial charge >= 0.3 is 5.97 Å². The Hall–Kier alpha value is -1.32. The molecule has 1 aromatic heterocycles. The van der Waals surface area contributed by atoms with E-state index in [2.05, 4.69) is 18.9 Å². The van der Waals surface area contributed by atoms with Gasteiger partial charge in [-0.25, -0.2) is 4.79 Å². The first-order valence-electron chi connectivity index (χ1n) is 5.80. The quantitative estimate of drug-likeness (QED) is 0.807. The molecule has 0 saturated carbocycles. The van der Waals surface area contributed by atoms with Crippen molar-refractivity contribution >= 4 is 5.97 Å². The second-order valence-corrected chi connectivity index (χ2v) is 4.36. The number of aliphatic carboxylic acids is 1. The lowest BCUT2D eigenvalue weighted by atomic mass is 9.85. The summed E-state index contributed by atoms with van der Waals surface area (Å²) in [6.07, 6.45) is 5.52. The zero-order valence-corrected chi connectivity index (χ0v) is 10.2. The number of hydrogen-bond donors (Lipinski definition) is 1. The molecule has 2 atom stereocenters. The number of carbonyl (C=O) groups is 1. The minimum atomic E-state index is -0.890. The molecule has 0 aliphatic heterocycles. The van der Waals surface area contributed by atoms with Crippen LogP contribution in [0, 0.1) is 5.92 Å². The molecule has 1 aromatic rings. The van der Waals surface area contributed by atoms with Gasteiger partial charge in [0.1, 0.15) is 0 Å². The summed E-state index contributed by atoms with van der Waals surface area (Å²) in [6.45, 7) is 6.06. The fourth-order valence-corrected chi connectivity index (χ4v) is 1.98. The van der Waals surface area contributed by atoms with Crippen LogP contribution in [0.4, 0.5) is 0 Å². The molecule has 0 aliphatic carbocycles. The van der Waals surface area contributed by atoms with E-state index in [0.717, 1.165) is 6.42 Å². The zero-order chi connectivity index (χ0) is 12.2. The van der Waals surface area contributed by atoms with Gasteiger partial charge in [-0.3, -0.25) is 4.68 Å². The summed E-state index contributed by atoms with van der Waals surface area (Å²) in [6, 6.07) is 1.77. The molecule has 2 unspecified atom stereocenters. The van der Waals surface area contributed by atoms with E-state index < -0.39 is 11.5 Å². The SMILES string of the molecule is CCC(C)CC(CC)(C(=O)O)n1cccn1. The summed E-state index contributed by atoms with van der Waals surface area (Å²) < 4.78 is 1.58. The maximum Gasteiger partial charge on any atom is 0.331 e. The van der Waals surface area contributed by atoms with Gasteiger partial charge in [-0.2, -0.15) is 5.10 Å². The van der Waals surface area contributed by atoms with Gasteiger partial charge in [-0.05, 0) is 24.8 Å². The molecular weight excluding hydrogens is 204 g/mol. The topological polar surface area (TPSA) is 55.1 Å². The van der Waals surface area contributed by atoms with Gasteiger partial charge in [0.15, 0.2) is 5.54 Å². The highest BCUT2D eigenvalue weighted by molar-refractivity contribution is 5.76. The molecule has 4 nitrogen and oxygen atoms in total. The molecule has 0 spiro atoms. The maximum absolute atomic E-state index is 11.5. The van der Waals surface area contributed by atoms with Gasteiger partial charge in [-0.15, -0.1) is 0 Å². The van der Waals surface area contributed by atoms with E-state index in [1.807, 2.05) is 6.92 Å². The Morgan fingerprint density at radius 3 is 2.62 bits per heavy atom. The van der Waals surface area contributed by atoms with E-state index in [-0.39, 0.29) is 0 Å². The Kier molecular flexibility index (Phi) is 4.10. The van der Waals surface area contributed by atoms with Crippen LogP contribution in [0.15, 0.2) is 18.5 Å². The summed E-state index contributed by atoms with van der Waals surface area (Å²) in [7, 11) is 0. The smallest absolute Gasteiger partial charge is 0.331 e. The number of carboxylic acids is 1. The molecule has 0 saturated heterocycles. The van der Waals surface area contributed by atoms with Crippen LogP contribution in [-0.4, -0.2) is 20.9 Å². The number of hydrogen-bond acceptors (Lipinski definition) is 2. The van der Waals surface area contributed by atoms with E-state index in [1.165, 1.54) is 0 Å². The van der Waals surface area contributed by atoms with Gasteiger partial charge in [-0.1, -0.05) is 27.2 Å². The molecule has 16 heavy (non-hydrogen) atoms. The van der Waals surface area contributed by atoms with E-state index in [0.29, 0.717) is 18.8 Å². The van der Waals surface area contributed by atoms with Crippen molar-refractivity contribution in [2.75, 3.05) is 0 Å². The molecule has 0 bridgehead atoms. The number of nitrogens with zero attached hydrogens (tertiary/aromatic N) is 2. The average molecular weight is 224 g/mol. The summed E-state index contributed by atoms with van der Waals surface area (Å²) in [5.41, 5.74) is -0.890. The average Bonchev–Trinajstić information content (AvgIpc) is 2.78. The van der Waals surface area contributed by atoms with Gasteiger partial charge < -0.3 is 5.11 Å². The largest absolute Gasteiger partial charge is 0.479 e. The van der Waals surface area contributed by atoms with Crippen LogP contribution in [0.2, 0.25) is 0 Å². The number of aromatic nitrogens is 2. The minimum Gasteiger partial charge on any atom is -0.479 e. The molecule has 1 rings (SSSR count). The fourth-order valence-electron chi connectivity index (χ4n) is 1.98. The molecule has 0 radical (unpaired) electrons. The second-order valence-electron chi connectivity index (χ2n) is 4.36. The zero-order valence-electron chi connectivity index (χ0n) is 10.2. The monoisotopic (exact) mass is 224 g/mol. The molecule has 0 amide bonds. The predicted octanol–water partition coefficient (Wildman–Crippen LogP) is 2.51. The highest BCUT2D eigenvalue weighted by Crippen LogP contribution is 2.30. The van der Waals surface area contributed by atoms with E-state index in [1.54, 1.807) is 23.1 Å². The third kappa shape index (κ3) is 2.26. The van der Waals surface area contributed by atoms with Gasteiger partial charge in [0.25, 0.3) is 0 Å². The summed E-state index contributed by atoms with van der Waals surface area (Å²) in [5, 5.41) is 13.6. The van der Waals surface area contributed by atoms with Crippen molar-refractivity contribution in [1.29, 1.82) is 0 Å². The summed E-state index contributed by atoms with van der Waals surface area (Å²) in [5.74, 6) is -0.417. The third-order valence-corrected chi connectivity index (χ3v) is 3.31. The third-order valence-electron chi connectivity index (χ3n) is 3.31. The molecular formula is C12H20N2O2. The molecule has 1 N–H and O–H groups in total. The van der Waals surface area contributed by atoms with Crippen molar-refractivity contribution in [1.82, 2.24) is 9.78 Å². The Morgan fingerprint density at radius 2 is 2.25 bits per heavy atom. The van der Waals surface area contributed by atoms with Crippen molar-refractivity contribution in [3.8, 4) is 0 Å². The number of rotatable bonds is 6. The Balaban J connectivity index is 3.05. The van der Waals surface area contributed by atoms with Crippen LogP contribution in [0.1, 0.15) is 40.0 Å². The predicted molar refractivity (Wildman–Crippen MR) is 62.2 cm³/mol. The van der Waals surface area contributed by atoms with E-state index in [4.69, 9.17) is 0 Å². The normalized spacial score (nSPS) is 16.7. The maximum atomic E-state index is 11.5. The Labute approximate surface area is 96.3 Å². The van der Waals surface area contributed by atoms with Gasteiger partial charge in [0.2, 0.25) is 0 Å². The highest BCUT2D eigenvalue weighted by atomic mass is 16.4. The molecule has 4 heteroatoms. The van der Waals surface area contributed by atoms with E-state index in [9.17, 15) is 9.90 Å². The van der Waals surface area contributed by atoms with Crippen LogP contribution in [0.5, 0.6) is 0 Å². The van der Waals surface area contributed by atoms with Crippen molar-refractivity contribution in [2.45, 2.75) is 45.6 Å². The van der Waals surface area contributed by atoms with Crippen molar-refractivity contribution < 1.29 is 9.90 Å². The summed E-state index contributed by atoms with van der Waals surface area (Å²) >= 11 is 0. The molecule has 0 aromatic carbocycles. The lowest BCUT2D eigenvalue weighted by Gasteiger charge is -2.31. The molecule has 1 heterocycles. The number of carboxylic acid groups (broad SMARTS) is 1. The van der Waals surface area contributed by atoms with Crippen LogP contribution >= 0.6 is 0 Å². The van der Waals surface area contributed by atoms with Crippen molar-refractivity contribution in [3.05, 3.63) is 18.5 Å². The lowest BCUT2D eigenvalue weighted by Crippen LogP contribution is -2.43. The first-order valence-corrected chi connectivity index (χ1v) is 5.80.